The van der Waals surface area contributed by atoms with Gasteiger partial charge in [0.1, 0.15) is 0 Å². The lowest BCUT2D eigenvalue weighted by Gasteiger charge is -2.20. The van der Waals surface area contributed by atoms with Gasteiger partial charge in [-0.1, -0.05) is 0 Å². The van der Waals surface area contributed by atoms with E-state index in [1.54, 1.807) is 14.0 Å². The van der Waals surface area contributed by atoms with Gasteiger partial charge in [-0.3, -0.25) is 4.99 Å². The Morgan fingerprint density at radius 2 is 2.05 bits per heavy atom. The summed E-state index contributed by atoms with van der Waals surface area (Å²) in [5.41, 5.74) is 0. The van der Waals surface area contributed by atoms with E-state index >= 15 is 0 Å². The molecule has 1 fully saturated rings. The first-order valence-corrected chi connectivity index (χ1v) is 7.66. The highest BCUT2D eigenvalue weighted by atomic mass is 16.5. The maximum atomic E-state index is 11.5. The van der Waals surface area contributed by atoms with Gasteiger partial charge < -0.3 is 25.4 Å². The van der Waals surface area contributed by atoms with Crippen LogP contribution in [0.3, 0.4) is 0 Å². The van der Waals surface area contributed by atoms with Crippen LogP contribution in [0.4, 0.5) is 4.79 Å². The summed E-state index contributed by atoms with van der Waals surface area (Å²) in [4.78, 5) is 15.7. The molecule has 0 aromatic carbocycles. The molecule has 0 heterocycles. The fourth-order valence-corrected chi connectivity index (χ4v) is 1.97. The fraction of sp³-hybridized carbons (Fsp3) is 0.857. The van der Waals surface area contributed by atoms with Crippen LogP contribution in [0.1, 0.15) is 26.7 Å². The summed E-state index contributed by atoms with van der Waals surface area (Å²) in [7, 11) is 1.72. The van der Waals surface area contributed by atoms with E-state index in [4.69, 9.17) is 9.47 Å². The maximum absolute atomic E-state index is 11.5. The van der Waals surface area contributed by atoms with Crippen LogP contribution in [-0.2, 0) is 9.47 Å². The summed E-state index contributed by atoms with van der Waals surface area (Å²) in [5.74, 6) is 1.24. The third-order valence-electron chi connectivity index (χ3n) is 3.23. The van der Waals surface area contributed by atoms with Gasteiger partial charge in [0.15, 0.2) is 5.96 Å². The molecule has 1 aliphatic carbocycles. The van der Waals surface area contributed by atoms with Crippen molar-refractivity contribution in [3.63, 3.8) is 0 Å². The number of guanidine groups is 1. The molecule has 1 aliphatic rings. The third-order valence-corrected chi connectivity index (χ3v) is 3.23. The van der Waals surface area contributed by atoms with Gasteiger partial charge in [0.05, 0.1) is 19.3 Å². The van der Waals surface area contributed by atoms with E-state index in [2.05, 4.69) is 20.9 Å². The van der Waals surface area contributed by atoms with Gasteiger partial charge >= 0.3 is 6.09 Å². The van der Waals surface area contributed by atoms with Crippen LogP contribution in [0.25, 0.3) is 0 Å². The van der Waals surface area contributed by atoms with Crippen LogP contribution in [0, 0.1) is 5.92 Å². The lowest BCUT2D eigenvalue weighted by Crippen LogP contribution is -2.48. The van der Waals surface area contributed by atoms with E-state index in [0.717, 1.165) is 12.8 Å². The average molecular weight is 300 g/mol. The van der Waals surface area contributed by atoms with Crippen molar-refractivity contribution in [2.45, 2.75) is 32.7 Å². The smallest absolute Gasteiger partial charge is 0.407 e. The first kappa shape index (κ1) is 17.6. The van der Waals surface area contributed by atoms with Crippen molar-refractivity contribution in [3.05, 3.63) is 0 Å². The second-order valence-corrected chi connectivity index (χ2v) is 4.89. The Morgan fingerprint density at radius 1 is 1.29 bits per heavy atom. The quantitative estimate of drug-likeness (QED) is 0.332. The molecule has 0 aliphatic heterocycles. The molecule has 1 amide bonds. The largest absolute Gasteiger partial charge is 0.450 e. The molecular weight excluding hydrogens is 272 g/mol. The number of nitrogens with zero attached hydrogens (tertiary/aromatic N) is 1. The molecule has 0 radical (unpaired) electrons. The number of alkyl carbamates (subject to hydrolysis) is 1. The van der Waals surface area contributed by atoms with Gasteiger partial charge in [-0.2, -0.15) is 0 Å². The van der Waals surface area contributed by atoms with E-state index < -0.39 is 0 Å². The van der Waals surface area contributed by atoms with Gasteiger partial charge in [0.25, 0.3) is 0 Å². The lowest BCUT2D eigenvalue weighted by molar-refractivity contribution is 0.146. The highest BCUT2D eigenvalue weighted by Gasteiger charge is 2.32. The Hall–Kier alpha value is -1.50. The normalized spacial score (nSPS) is 16.2. The molecule has 1 unspecified atom stereocenters. The highest BCUT2D eigenvalue weighted by Crippen LogP contribution is 2.32. The zero-order valence-electron chi connectivity index (χ0n) is 13.3. The third kappa shape index (κ3) is 7.75. The number of hydrogen-bond donors (Lipinski definition) is 3. The Bertz CT molecular complexity index is 332. The van der Waals surface area contributed by atoms with E-state index in [0.29, 0.717) is 44.8 Å². The second kappa shape index (κ2) is 10.3. The molecule has 1 atom stereocenters. The molecule has 0 spiro atoms. The number of rotatable bonds is 9. The van der Waals surface area contributed by atoms with Crippen LogP contribution in [0.15, 0.2) is 4.99 Å². The van der Waals surface area contributed by atoms with Gasteiger partial charge in [-0.15, -0.1) is 0 Å². The molecule has 7 nitrogen and oxygen atoms in total. The van der Waals surface area contributed by atoms with Crippen molar-refractivity contribution in [3.8, 4) is 0 Å². The first-order valence-electron chi connectivity index (χ1n) is 7.66. The minimum Gasteiger partial charge on any atom is -0.450 e. The van der Waals surface area contributed by atoms with Crippen LogP contribution >= 0.6 is 0 Å². The van der Waals surface area contributed by atoms with E-state index in [-0.39, 0.29) is 12.1 Å². The van der Waals surface area contributed by atoms with Gasteiger partial charge in [-0.05, 0) is 32.6 Å². The molecule has 0 aromatic rings. The van der Waals surface area contributed by atoms with E-state index in [9.17, 15) is 4.79 Å². The lowest BCUT2D eigenvalue weighted by atomic mass is 10.2. The highest BCUT2D eigenvalue weighted by molar-refractivity contribution is 5.79. The van der Waals surface area contributed by atoms with Crippen LogP contribution in [0.2, 0.25) is 0 Å². The SMILES string of the molecule is CCOCCNC(=NC)NCC(NC(=O)OCC)C1CC1. The number of ether oxygens (including phenoxy) is 2. The van der Waals surface area contributed by atoms with Crippen molar-refractivity contribution < 1.29 is 14.3 Å². The Kier molecular flexibility index (Phi) is 8.57. The number of aliphatic imine (C=N–C) groups is 1. The molecular formula is C14H28N4O3. The minimum absolute atomic E-state index is 0.0782. The van der Waals surface area contributed by atoms with E-state index in [1.807, 2.05) is 6.92 Å². The predicted molar refractivity (Wildman–Crippen MR) is 82.5 cm³/mol. The molecule has 3 N–H and O–H groups in total. The number of hydrogen-bond acceptors (Lipinski definition) is 4. The Balaban J connectivity index is 2.28. The summed E-state index contributed by atoms with van der Waals surface area (Å²) >= 11 is 0. The summed E-state index contributed by atoms with van der Waals surface area (Å²) in [5, 5.41) is 9.30. The zero-order valence-corrected chi connectivity index (χ0v) is 13.3. The standard InChI is InChI=1S/C14H28N4O3/c1-4-20-9-8-16-13(15-3)17-10-12(11-6-7-11)18-14(19)21-5-2/h11-12H,4-10H2,1-3H3,(H,18,19)(H2,15,16,17). The molecule has 21 heavy (non-hydrogen) atoms. The summed E-state index contributed by atoms with van der Waals surface area (Å²) in [6, 6.07) is 0.0782. The molecule has 0 saturated heterocycles. The van der Waals surface area contributed by atoms with Crippen molar-refractivity contribution in [1.29, 1.82) is 0 Å². The van der Waals surface area contributed by atoms with E-state index in [1.165, 1.54) is 0 Å². The van der Waals surface area contributed by atoms with Crippen molar-refractivity contribution in [2.75, 3.05) is 40.0 Å². The topological polar surface area (TPSA) is 84.0 Å². The molecule has 1 rings (SSSR count). The minimum atomic E-state index is -0.351. The Labute approximate surface area is 126 Å². The summed E-state index contributed by atoms with van der Waals surface area (Å²) < 4.78 is 10.2. The Morgan fingerprint density at radius 3 is 2.62 bits per heavy atom. The van der Waals surface area contributed by atoms with Crippen molar-refractivity contribution in [2.24, 2.45) is 10.9 Å². The summed E-state index contributed by atoms with van der Waals surface area (Å²) in [6.45, 7) is 6.84. The predicted octanol–water partition coefficient (Wildman–Crippen LogP) is 0.713. The van der Waals surface area contributed by atoms with Crippen LogP contribution in [0.5, 0.6) is 0 Å². The number of carbonyl (C=O) groups is 1. The van der Waals surface area contributed by atoms with Gasteiger partial charge in [-0.25, -0.2) is 4.79 Å². The van der Waals surface area contributed by atoms with Gasteiger partial charge in [0.2, 0.25) is 0 Å². The fourth-order valence-electron chi connectivity index (χ4n) is 1.97. The first-order chi connectivity index (χ1) is 10.2. The maximum Gasteiger partial charge on any atom is 0.407 e. The monoisotopic (exact) mass is 300 g/mol. The van der Waals surface area contributed by atoms with Crippen LogP contribution in [-0.4, -0.2) is 58.1 Å². The van der Waals surface area contributed by atoms with Crippen LogP contribution < -0.4 is 16.0 Å². The molecule has 1 saturated carbocycles. The second-order valence-electron chi connectivity index (χ2n) is 4.89. The zero-order chi connectivity index (χ0) is 15.5. The molecule has 0 bridgehead atoms. The molecule has 0 aromatic heterocycles. The van der Waals surface area contributed by atoms with Gasteiger partial charge in [0, 0.05) is 26.7 Å². The van der Waals surface area contributed by atoms with Crippen molar-refractivity contribution >= 4 is 12.1 Å². The molecule has 7 heteroatoms. The number of amides is 1. The number of carbonyl (C=O) groups excluding carboxylic acids is 1. The van der Waals surface area contributed by atoms with Crippen molar-refractivity contribution in [1.82, 2.24) is 16.0 Å². The number of nitrogens with one attached hydrogen (secondary N) is 3. The summed E-state index contributed by atoms with van der Waals surface area (Å²) in [6.07, 6.45) is 1.94. The molecule has 122 valence electrons. The average Bonchev–Trinajstić information content (AvgIpc) is 3.30.